The highest BCUT2D eigenvalue weighted by Crippen LogP contribution is 2.31. The van der Waals surface area contributed by atoms with E-state index in [2.05, 4.69) is 20.4 Å². The number of thioether (sulfide) groups is 1. The maximum atomic E-state index is 12.5. The zero-order valence-electron chi connectivity index (χ0n) is 15.1. The Morgan fingerprint density at radius 2 is 2.07 bits per heavy atom. The number of nitrogens with one attached hydrogen (secondary N) is 1. The molecule has 0 bridgehead atoms. The quantitative estimate of drug-likeness (QED) is 0.580. The number of rotatable bonds is 6. The van der Waals surface area contributed by atoms with Crippen LogP contribution in [0.1, 0.15) is 19.3 Å². The molecule has 1 amide bonds. The molecular weight excluding hydrogens is 400 g/mol. The molecule has 1 saturated heterocycles. The van der Waals surface area contributed by atoms with Crippen molar-refractivity contribution in [3.63, 3.8) is 0 Å². The molecule has 1 N–H and O–H groups in total. The van der Waals surface area contributed by atoms with Gasteiger partial charge in [-0.3, -0.25) is 4.79 Å². The monoisotopic (exact) mass is 418 g/mol. The summed E-state index contributed by atoms with van der Waals surface area (Å²) in [6.45, 7) is 1.97. The number of carbonyl (C=O) groups is 1. The molecule has 7 nitrogen and oxygen atoms in total. The average Bonchev–Trinajstić information content (AvgIpc) is 3.39. The van der Waals surface area contributed by atoms with E-state index >= 15 is 0 Å². The van der Waals surface area contributed by atoms with Crippen LogP contribution in [0.2, 0.25) is 5.02 Å². The van der Waals surface area contributed by atoms with Gasteiger partial charge in [0, 0.05) is 18.1 Å². The Labute approximate surface area is 171 Å². The molecule has 3 aromatic rings. The molecule has 0 spiro atoms. The molecule has 0 atom stereocenters. The molecule has 3 heterocycles. The summed E-state index contributed by atoms with van der Waals surface area (Å²) in [6.07, 6.45) is 5.08. The molecule has 9 heteroatoms. The zero-order valence-corrected chi connectivity index (χ0v) is 16.6. The van der Waals surface area contributed by atoms with Gasteiger partial charge in [0.1, 0.15) is 0 Å². The minimum Gasteiger partial charge on any atom is -0.459 e. The van der Waals surface area contributed by atoms with Crippen LogP contribution in [0.3, 0.4) is 0 Å². The lowest BCUT2D eigenvalue weighted by Gasteiger charge is -2.30. The fraction of sp³-hybridized carbons (Fsp3) is 0.316. The zero-order chi connectivity index (χ0) is 19.3. The number of aromatic nitrogens is 2. The Morgan fingerprint density at radius 3 is 2.86 bits per heavy atom. The molecule has 146 valence electrons. The molecule has 0 radical (unpaired) electrons. The SMILES string of the molecule is O=C(CSc1nnc(-c2ccco2)o1)Nc1cc(Cl)ccc1N1CCCCC1. The Balaban J connectivity index is 1.39. The summed E-state index contributed by atoms with van der Waals surface area (Å²) >= 11 is 7.32. The van der Waals surface area contributed by atoms with Gasteiger partial charge in [-0.05, 0) is 49.6 Å². The van der Waals surface area contributed by atoms with Crippen LogP contribution in [0, 0.1) is 0 Å². The molecule has 0 aliphatic carbocycles. The number of hydrogen-bond acceptors (Lipinski definition) is 7. The van der Waals surface area contributed by atoms with Gasteiger partial charge in [0.15, 0.2) is 5.76 Å². The smallest absolute Gasteiger partial charge is 0.284 e. The van der Waals surface area contributed by atoms with Crippen LogP contribution in [0.5, 0.6) is 0 Å². The molecule has 0 unspecified atom stereocenters. The minimum absolute atomic E-state index is 0.145. The van der Waals surface area contributed by atoms with Crippen molar-refractivity contribution in [1.29, 1.82) is 0 Å². The summed E-state index contributed by atoms with van der Waals surface area (Å²) in [4.78, 5) is 14.8. The number of piperidine rings is 1. The fourth-order valence-corrected chi connectivity index (χ4v) is 3.84. The first-order valence-electron chi connectivity index (χ1n) is 9.03. The summed E-state index contributed by atoms with van der Waals surface area (Å²) < 4.78 is 10.7. The predicted molar refractivity (Wildman–Crippen MR) is 109 cm³/mol. The topological polar surface area (TPSA) is 84.4 Å². The summed E-state index contributed by atoms with van der Waals surface area (Å²) in [6, 6.07) is 9.07. The molecule has 2 aromatic heterocycles. The summed E-state index contributed by atoms with van der Waals surface area (Å²) in [5, 5.41) is 11.7. The molecule has 4 rings (SSSR count). The first-order valence-corrected chi connectivity index (χ1v) is 10.4. The largest absolute Gasteiger partial charge is 0.459 e. The lowest BCUT2D eigenvalue weighted by molar-refractivity contribution is -0.113. The second-order valence-corrected chi connectivity index (χ2v) is 7.76. The fourth-order valence-electron chi connectivity index (χ4n) is 3.10. The highest BCUT2D eigenvalue weighted by Gasteiger charge is 2.17. The van der Waals surface area contributed by atoms with E-state index in [0.717, 1.165) is 37.3 Å². The Hall–Kier alpha value is -2.45. The van der Waals surface area contributed by atoms with Gasteiger partial charge in [-0.25, -0.2) is 0 Å². The van der Waals surface area contributed by atoms with Gasteiger partial charge in [-0.2, -0.15) is 0 Å². The van der Waals surface area contributed by atoms with Crippen molar-refractivity contribution in [3.8, 4) is 11.7 Å². The lowest BCUT2D eigenvalue weighted by Crippen LogP contribution is -2.30. The maximum Gasteiger partial charge on any atom is 0.284 e. The average molecular weight is 419 g/mol. The van der Waals surface area contributed by atoms with E-state index in [-0.39, 0.29) is 17.6 Å². The molecule has 0 saturated carbocycles. The maximum absolute atomic E-state index is 12.5. The van der Waals surface area contributed by atoms with Crippen molar-refractivity contribution >= 4 is 40.6 Å². The van der Waals surface area contributed by atoms with Gasteiger partial charge in [-0.1, -0.05) is 23.4 Å². The van der Waals surface area contributed by atoms with Crippen LogP contribution < -0.4 is 10.2 Å². The van der Waals surface area contributed by atoms with Crippen LogP contribution in [-0.4, -0.2) is 34.9 Å². The molecule has 1 fully saturated rings. The number of anilines is 2. The minimum atomic E-state index is -0.164. The Morgan fingerprint density at radius 1 is 1.21 bits per heavy atom. The predicted octanol–water partition coefficient (Wildman–Crippen LogP) is 4.70. The van der Waals surface area contributed by atoms with Gasteiger partial charge < -0.3 is 19.1 Å². The van der Waals surface area contributed by atoms with Crippen LogP contribution in [-0.2, 0) is 4.79 Å². The first kappa shape index (κ1) is 18.9. The highest BCUT2D eigenvalue weighted by molar-refractivity contribution is 7.99. The number of carbonyl (C=O) groups excluding carboxylic acids is 1. The standard InChI is InChI=1S/C19H19ClN4O3S/c20-13-6-7-15(24-8-2-1-3-9-24)14(11-13)21-17(25)12-28-19-23-22-18(27-19)16-5-4-10-26-16/h4-7,10-11H,1-3,8-9,12H2,(H,21,25). The van der Waals surface area contributed by atoms with Crippen molar-refractivity contribution < 1.29 is 13.6 Å². The Bertz CT molecular complexity index is 939. The summed E-state index contributed by atoms with van der Waals surface area (Å²) in [5.41, 5.74) is 1.72. The van der Waals surface area contributed by atoms with E-state index in [1.807, 2.05) is 12.1 Å². The second kappa shape index (κ2) is 8.70. The van der Waals surface area contributed by atoms with E-state index in [1.54, 1.807) is 18.2 Å². The highest BCUT2D eigenvalue weighted by atomic mass is 35.5. The van der Waals surface area contributed by atoms with Crippen molar-refractivity contribution in [3.05, 3.63) is 41.6 Å². The lowest BCUT2D eigenvalue weighted by atomic mass is 10.1. The third-order valence-corrected chi connectivity index (χ3v) is 5.45. The van der Waals surface area contributed by atoms with Gasteiger partial charge in [0.2, 0.25) is 5.91 Å². The van der Waals surface area contributed by atoms with Crippen LogP contribution in [0.25, 0.3) is 11.7 Å². The van der Waals surface area contributed by atoms with E-state index in [0.29, 0.717) is 16.0 Å². The van der Waals surface area contributed by atoms with E-state index in [9.17, 15) is 4.79 Å². The third-order valence-electron chi connectivity index (χ3n) is 4.39. The molecule has 28 heavy (non-hydrogen) atoms. The number of benzene rings is 1. The number of nitrogens with zero attached hydrogens (tertiary/aromatic N) is 3. The van der Waals surface area contributed by atoms with Gasteiger partial charge in [-0.15, -0.1) is 10.2 Å². The molecule has 1 aliphatic rings. The normalized spacial score (nSPS) is 14.2. The molecule has 1 aliphatic heterocycles. The number of hydrogen-bond donors (Lipinski definition) is 1. The van der Waals surface area contributed by atoms with Crippen molar-refractivity contribution in [2.24, 2.45) is 0 Å². The number of halogens is 1. The van der Waals surface area contributed by atoms with Gasteiger partial charge in [0.05, 0.1) is 23.4 Å². The van der Waals surface area contributed by atoms with E-state index < -0.39 is 0 Å². The summed E-state index contributed by atoms with van der Waals surface area (Å²) in [7, 11) is 0. The Kier molecular flexibility index (Phi) is 5.87. The van der Waals surface area contributed by atoms with E-state index in [1.165, 1.54) is 24.4 Å². The van der Waals surface area contributed by atoms with Crippen LogP contribution >= 0.6 is 23.4 Å². The number of furan rings is 1. The number of amides is 1. The van der Waals surface area contributed by atoms with Crippen LogP contribution in [0.15, 0.2) is 50.7 Å². The first-order chi connectivity index (χ1) is 13.7. The second-order valence-electron chi connectivity index (χ2n) is 6.40. The van der Waals surface area contributed by atoms with Crippen molar-refractivity contribution in [2.75, 3.05) is 29.1 Å². The van der Waals surface area contributed by atoms with Gasteiger partial charge >= 0.3 is 0 Å². The molecular formula is C19H19ClN4O3S. The van der Waals surface area contributed by atoms with Gasteiger partial charge in [0.25, 0.3) is 11.1 Å². The van der Waals surface area contributed by atoms with Crippen molar-refractivity contribution in [2.45, 2.75) is 24.5 Å². The van der Waals surface area contributed by atoms with E-state index in [4.69, 9.17) is 20.4 Å². The van der Waals surface area contributed by atoms with Crippen LogP contribution in [0.4, 0.5) is 11.4 Å². The van der Waals surface area contributed by atoms with Crippen molar-refractivity contribution in [1.82, 2.24) is 10.2 Å². The third kappa shape index (κ3) is 4.51. The molecule has 1 aromatic carbocycles. The summed E-state index contributed by atoms with van der Waals surface area (Å²) in [5.74, 6) is 0.762.